The van der Waals surface area contributed by atoms with Gasteiger partial charge in [-0.3, -0.25) is 14.9 Å². The maximum atomic E-state index is 12.8. The van der Waals surface area contributed by atoms with Crippen LogP contribution in [-0.4, -0.2) is 52.9 Å². The Labute approximate surface area is 180 Å². The van der Waals surface area contributed by atoms with Crippen LogP contribution >= 0.6 is 0 Å². The monoisotopic (exact) mass is 420 g/mol. The standard InChI is InChI=1S/C22H24N6O3/c23-14-16-3-6-21(24-15-16)26-11-7-17(8-12-26)25-18-4-5-20(28(30)31)19(13-18)22(29)27-9-1-2-10-27/h3-6,13,15,17,25H,1-2,7-12H2. The van der Waals surface area contributed by atoms with E-state index < -0.39 is 4.92 Å². The van der Waals surface area contributed by atoms with E-state index in [1.165, 1.54) is 6.07 Å². The lowest BCUT2D eigenvalue weighted by Gasteiger charge is -2.33. The molecule has 31 heavy (non-hydrogen) atoms. The number of pyridine rings is 1. The average molecular weight is 420 g/mol. The van der Waals surface area contributed by atoms with Gasteiger partial charge in [0.25, 0.3) is 11.6 Å². The van der Waals surface area contributed by atoms with Crippen LogP contribution in [0.5, 0.6) is 0 Å². The lowest BCUT2D eigenvalue weighted by Crippen LogP contribution is -2.39. The van der Waals surface area contributed by atoms with Crippen molar-refractivity contribution < 1.29 is 9.72 Å². The lowest BCUT2D eigenvalue weighted by atomic mass is 10.0. The second-order valence-corrected chi connectivity index (χ2v) is 7.91. The summed E-state index contributed by atoms with van der Waals surface area (Å²) in [6.45, 7) is 2.91. The Morgan fingerprint density at radius 1 is 1.16 bits per heavy atom. The molecule has 0 radical (unpaired) electrons. The molecule has 2 aliphatic heterocycles. The number of nitro benzene ring substituents is 1. The quantitative estimate of drug-likeness (QED) is 0.583. The van der Waals surface area contributed by atoms with E-state index in [9.17, 15) is 14.9 Å². The highest BCUT2D eigenvalue weighted by molar-refractivity contribution is 5.99. The summed E-state index contributed by atoms with van der Waals surface area (Å²) in [5.74, 6) is 0.584. The summed E-state index contributed by atoms with van der Waals surface area (Å²) < 4.78 is 0. The largest absolute Gasteiger partial charge is 0.382 e. The van der Waals surface area contributed by atoms with Crippen molar-refractivity contribution >= 4 is 23.1 Å². The highest BCUT2D eigenvalue weighted by atomic mass is 16.6. The molecule has 160 valence electrons. The first-order chi connectivity index (χ1) is 15.0. The van der Waals surface area contributed by atoms with Crippen molar-refractivity contribution in [2.75, 3.05) is 36.4 Å². The number of benzene rings is 1. The molecule has 0 aliphatic carbocycles. The Morgan fingerprint density at radius 3 is 2.52 bits per heavy atom. The van der Waals surface area contributed by atoms with Crippen LogP contribution in [-0.2, 0) is 0 Å². The number of nitrogens with one attached hydrogen (secondary N) is 1. The zero-order valence-corrected chi connectivity index (χ0v) is 17.2. The van der Waals surface area contributed by atoms with Crippen molar-refractivity contribution in [1.29, 1.82) is 5.26 Å². The number of likely N-dealkylation sites (tertiary alicyclic amines) is 1. The minimum Gasteiger partial charge on any atom is -0.382 e. The molecule has 0 spiro atoms. The number of anilines is 2. The fraction of sp³-hybridized carbons (Fsp3) is 0.409. The molecule has 0 unspecified atom stereocenters. The number of nitrogens with zero attached hydrogens (tertiary/aromatic N) is 5. The van der Waals surface area contributed by atoms with Gasteiger partial charge in [-0.1, -0.05) is 0 Å². The first-order valence-electron chi connectivity index (χ1n) is 10.5. The van der Waals surface area contributed by atoms with Gasteiger partial charge in [0.2, 0.25) is 0 Å². The van der Waals surface area contributed by atoms with Crippen LogP contribution in [0, 0.1) is 21.4 Å². The summed E-state index contributed by atoms with van der Waals surface area (Å²) in [6.07, 6.45) is 5.19. The van der Waals surface area contributed by atoms with Crippen LogP contribution in [0.3, 0.4) is 0 Å². The summed E-state index contributed by atoms with van der Waals surface area (Å²) >= 11 is 0. The minimum absolute atomic E-state index is 0.149. The predicted molar refractivity (Wildman–Crippen MR) is 116 cm³/mol. The van der Waals surface area contributed by atoms with Crippen LogP contribution in [0.2, 0.25) is 0 Å². The van der Waals surface area contributed by atoms with Crippen LogP contribution in [0.25, 0.3) is 0 Å². The number of aromatic nitrogens is 1. The molecule has 0 saturated carbocycles. The second kappa shape index (κ2) is 9.00. The predicted octanol–water partition coefficient (Wildman–Crippen LogP) is 3.18. The van der Waals surface area contributed by atoms with Crippen LogP contribution < -0.4 is 10.2 Å². The molecule has 1 amide bonds. The van der Waals surface area contributed by atoms with Gasteiger partial charge in [-0.2, -0.15) is 5.26 Å². The van der Waals surface area contributed by atoms with Gasteiger partial charge in [-0.15, -0.1) is 0 Å². The van der Waals surface area contributed by atoms with Gasteiger partial charge in [0, 0.05) is 50.2 Å². The van der Waals surface area contributed by atoms with E-state index in [-0.39, 0.29) is 23.2 Å². The molecule has 9 nitrogen and oxygen atoms in total. The third-order valence-corrected chi connectivity index (χ3v) is 5.88. The summed E-state index contributed by atoms with van der Waals surface area (Å²) in [4.78, 5) is 32.0. The van der Waals surface area contributed by atoms with E-state index in [1.54, 1.807) is 29.3 Å². The van der Waals surface area contributed by atoms with Crippen molar-refractivity contribution in [2.45, 2.75) is 31.7 Å². The molecule has 1 aromatic heterocycles. The van der Waals surface area contributed by atoms with Crippen molar-refractivity contribution in [3.8, 4) is 6.07 Å². The number of carbonyl (C=O) groups is 1. The molecule has 1 aromatic carbocycles. The van der Waals surface area contributed by atoms with Crippen molar-refractivity contribution in [1.82, 2.24) is 9.88 Å². The van der Waals surface area contributed by atoms with Gasteiger partial charge in [-0.05, 0) is 49.9 Å². The van der Waals surface area contributed by atoms with Gasteiger partial charge in [0.15, 0.2) is 0 Å². The summed E-state index contributed by atoms with van der Waals surface area (Å²) in [5.41, 5.74) is 1.26. The van der Waals surface area contributed by atoms with Gasteiger partial charge < -0.3 is 15.1 Å². The maximum Gasteiger partial charge on any atom is 0.282 e. The van der Waals surface area contributed by atoms with Crippen LogP contribution in [0.1, 0.15) is 41.6 Å². The third-order valence-electron chi connectivity index (χ3n) is 5.88. The smallest absolute Gasteiger partial charge is 0.282 e. The molecule has 2 aliphatic rings. The molecule has 3 heterocycles. The lowest BCUT2D eigenvalue weighted by molar-refractivity contribution is -0.385. The van der Waals surface area contributed by atoms with E-state index in [1.807, 2.05) is 6.07 Å². The third kappa shape index (κ3) is 4.58. The summed E-state index contributed by atoms with van der Waals surface area (Å²) in [5, 5.41) is 23.8. The fourth-order valence-corrected chi connectivity index (χ4v) is 4.17. The molecular formula is C22H24N6O3. The molecule has 9 heteroatoms. The topological polar surface area (TPSA) is 115 Å². The first-order valence-corrected chi connectivity index (χ1v) is 10.5. The molecule has 2 fully saturated rings. The second-order valence-electron chi connectivity index (χ2n) is 7.91. The Kier molecular flexibility index (Phi) is 5.98. The molecule has 2 aromatic rings. The summed E-state index contributed by atoms with van der Waals surface area (Å²) in [6, 6.07) is 10.6. The highest BCUT2D eigenvalue weighted by Crippen LogP contribution is 2.27. The van der Waals surface area contributed by atoms with Crippen molar-refractivity contribution in [2.24, 2.45) is 0 Å². The number of carbonyl (C=O) groups excluding carboxylic acids is 1. The van der Waals surface area contributed by atoms with Crippen LogP contribution in [0.4, 0.5) is 17.2 Å². The van der Waals surface area contributed by atoms with E-state index >= 15 is 0 Å². The van der Waals surface area contributed by atoms with Gasteiger partial charge in [-0.25, -0.2) is 4.98 Å². The summed E-state index contributed by atoms with van der Waals surface area (Å²) in [7, 11) is 0. The first kappa shape index (κ1) is 20.6. The maximum absolute atomic E-state index is 12.8. The fourth-order valence-electron chi connectivity index (χ4n) is 4.17. The number of nitro groups is 1. The Bertz CT molecular complexity index is 1000. The van der Waals surface area contributed by atoms with Crippen LogP contribution in [0.15, 0.2) is 36.5 Å². The van der Waals surface area contributed by atoms with Gasteiger partial charge in [0.1, 0.15) is 17.5 Å². The van der Waals surface area contributed by atoms with E-state index in [0.29, 0.717) is 18.7 Å². The van der Waals surface area contributed by atoms with E-state index in [0.717, 1.165) is 50.3 Å². The number of hydrogen-bond acceptors (Lipinski definition) is 7. The number of rotatable bonds is 5. The SMILES string of the molecule is N#Cc1ccc(N2CCC(Nc3ccc([N+](=O)[O-])c(C(=O)N4CCCC4)c3)CC2)nc1. The zero-order valence-electron chi connectivity index (χ0n) is 17.2. The Morgan fingerprint density at radius 2 is 1.90 bits per heavy atom. The average Bonchev–Trinajstić information content (AvgIpc) is 3.34. The normalized spacial score (nSPS) is 16.7. The molecular weight excluding hydrogens is 396 g/mol. The number of amides is 1. The highest BCUT2D eigenvalue weighted by Gasteiger charge is 2.27. The molecule has 2 saturated heterocycles. The number of nitriles is 1. The number of hydrogen-bond donors (Lipinski definition) is 1. The van der Waals surface area contributed by atoms with Gasteiger partial charge in [0.05, 0.1) is 10.5 Å². The van der Waals surface area contributed by atoms with Gasteiger partial charge >= 0.3 is 0 Å². The Balaban J connectivity index is 1.42. The van der Waals surface area contributed by atoms with E-state index in [4.69, 9.17) is 5.26 Å². The molecule has 0 atom stereocenters. The van der Waals surface area contributed by atoms with Crippen molar-refractivity contribution in [3.05, 3.63) is 57.8 Å². The molecule has 1 N–H and O–H groups in total. The van der Waals surface area contributed by atoms with E-state index in [2.05, 4.69) is 21.3 Å². The minimum atomic E-state index is -0.490. The Hall–Kier alpha value is -3.67. The zero-order chi connectivity index (χ0) is 21.8. The van der Waals surface area contributed by atoms with Crippen molar-refractivity contribution in [3.63, 3.8) is 0 Å². The molecule has 0 bridgehead atoms. The number of piperidine rings is 1. The molecule has 4 rings (SSSR count).